The lowest BCUT2D eigenvalue weighted by Gasteiger charge is -2.07. The quantitative estimate of drug-likeness (QED) is 0.449. The van der Waals surface area contributed by atoms with Crippen molar-refractivity contribution in [3.05, 3.63) is 45.8 Å². The van der Waals surface area contributed by atoms with Gasteiger partial charge < -0.3 is 10.6 Å². The summed E-state index contributed by atoms with van der Waals surface area (Å²) in [5, 5.41) is 15.4. The molecule has 2 unspecified atom stereocenters. The Balaban J connectivity index is 1.69. The van der Waals surface area contributed by atoms with E-state index in [4.69, 9.17) is 0 Å². The highest BCUT2D eigenvalue weighted by atomic mass is 19.1. The fourth-order valence-corrected chi connectivity index (χ4v) is 1.93. The van der Waals surface area contributed by atoms with Crippen LogP contribution in [0.15, 0.2) is 24.3 Å². The lowest BCUT2D eigenvalue weighted by atomic mass is 10.2. The average molecular weight is 295 g/mol. The summed E-state index contributed by atoms with van der Waals surface area (Å²) in [6.45, 7) is 0.259. The Morgan fingerprint density at radius 3 is 2.57 bits per heavy atom. The zero-order valence-electron chi connectivity index (χ0n) is 11.0. The topological polar surface area (TPSA) is 101 Å². The summed E-state index contributed by atoms with van der Waals surface area (Å²) in [7, 11) is 0. The predicted octanol–water partition coefficient (Wildman–Crippen LogP) is 0.337. The molecule has 0 radical (unpaired) electrons. The van der Waals surface area contributed by atoms with Gasteiger partial charge in [-0.3, -0.25) is 19.7 Å². The summed E-state index contributed by atoms with van der Waals surface area (Å²) in [6, 6.07) is 4.77. The molecule has 1 aromatic carbocycles. The monoisotopic (exact) mass is 295 g/mol. The van der Waals surface area contributed by atoms with Gasteiger partial charge in [0.2, 0.25) is 11.9 Å². The van der Waals surface area contributed by atoms with Crippen LogP contribution in [0.25, 0.3) is 0 Å². The maximum absolute atomic E-state index is 13.3. The average Bonchev–Trinajstić information content (AvgIpc) is 3.24. The molecule has 1 aromatic rings. The number of carbonyl (C=O) groups excluding carboxylic acids is 2. The van der Waals surface area contributed by atoms with E-state index in [0.29, 0.717) is 0 Å². The number of benzene rings is 1. The summed E-state index contributed by atoms with van der Waals surface area (Å²) < 4.78 is 13.3. The molecule has 0 spiro atoms. The van der Waals surface area contributed by atoms with E-state index >= 15 is 0 Å². The Hall–Kier alpha value is -2.51. The van der Waals surface area contributed by atoms with Crippen LogP contribution in [0.5, 0.6) is 0 Å². The van der Waals surface area contributed by atoms with Gasteiger partial charge in [0.25, 0.3) is 5.91 Å². The van der Waals surface area contributed by atoms with Gasteiger partial charge in [-0.1, -0.05) is 12.1 Å². The van der Waals surface area contributed by atoms with Gasteiger partial charge in [-0.2, -0.15) is 0 Å². The summed E-state index contributed by atoms with van der Waals surface area (Å²) in [5.74, 6) is -2.16. The number of halogens is 1. The van der Waals surface area contributed by atoms with Crippen LogP contribution in [-0.4, -0.2) is 35.9 Å². The van der Waals surface area contributed by atoms with Gasteiger partial charge in [-0.25, -0.2) is 4.39 Å². The van der Waals surface area contributed by atoms with E-state index in [1.807, 2.05) is 0 Å². The zero-order valence-corrected chi connectivity index (χ0v) is 11.0. The molecule has 2 N–H and O–H groups in total. The minimum Gasteiger partial charge on any atom is -0.354 e. The molecule has 2 atom stereocenters. The Kier molecular flexibility index (Phi) is 4.46. The standard InChI is InChI=1S/C13H14FN3O4/c14-10-4-2-1-3-8(10)12(18)15-5-6-16-13(19)9-7-11(9)17(20)21/h1-4,9,11H,5-7H2,(H,15,18)(H,16,19). The van der Waals surface area contributed by atoms with Gasteiger partial charge in [0.05, 0.1) is 5.56 Å². The van der Waals surface area contributed by atoms with Gasteiger partial charge >= 0.3 is 0 Å². The van der Waals surface area contributed by atoms with E-state index in [-0.39, 0.29) is 25.1 Å². The van der Waals surface area contributed by atoms with Gasteiger partial charge in [-0.05, 0) is 12.1 Å². The minimum atomic E-state index is -0.794. The molecule has 1 saturated carbocycles. The second-order valence-electron chi connectivity index (χ2n) is 4.72. The van der Waals surface area contributed by atoms with E-state index in [2.05, 4.69) is 10.6 Å². The molecule has 112 valence electrons. The number of hydrogen-bond acceptors (Lipinski definition) is 4. The first kappa shape index (κ1) is 14.9. The van der Waals surface area contributed by atoms with Crippen LogP contribution in [0.3, 0.4) is 0 Å². The molecular weight excluding hydrogens is 281 g/mol. The Labute approximate surface area is 119 Å². The van der Waals surface area contributed by atoms with Crippen molar-refractivity contribution in [1.82, 2.24) is 10.6 Å². The number of nitrogens with one attached hydrogen (secondary N) is 2. The number of hydrogen-bond donors (Lipinski definition) is 2. The second kappa shape index (κ2) is 6.29. The Morgan fingerprint density at radius 2 is 1.95 bits per heavy atom. The molecule has 2 rings (SSSR count). The maximum Gasteiger partial charge on any atom is 0.254 e. The lowest BCUT2D eigenvalue weighted by Crippen LogP contribution is -2.36. The van der Waals surface area contributed by atoms with Crippen molar-refractivity contribution in [2.24, 2.45) is 5.92 Å². The van der Waals surface area contributed by atoms with E-state index in [1.54, 1.807) is 6.07 Å². The first-order valence-corrected chi connectivity index (χ1v) is 6.44. The molecule has 0 heterocycles. The number of amides is 2. The maximum atomic E-state index is 13.3. The molecular formula is C13H14FN3O4. The summed E-state index contributed by atoms with van der Waals surface area (Å²) in [5.41, 5.74) is -0.0700. The van der Waals surface area contributed by atoms with Crippen molar-refractivity contribution >= 4 is 11.8 Å². The van der Waals surface area contributed by atoms with Gasteiger partial charge in [0.1, 0.15) is 11.7 Å². The van der Waals surface area contributed by atoms with Crippen LogP contribution in [0.4, 0.5) is 4.39 Å². The fraction of sp³-hybridized carbons (Fsp3) is 0.385. The molecule has 21 heavy (non-hydrogen) atoms. The first-order chi connectivity index (χ1) is 10.0. The van der Waals surface area contributed by atoms with Crippen molar-refractivity contribution in [2.45, 2.75) is 12.5 Å². The Bertz CT molecular complexity index is 578. The van der Waals surface area contributed by atoms with Gasteiger partial charge in [-0.15, -0.1) is 0 Å². The van der Waals surface area contributed by atoms with Gasteiger partial charge in [0.15, 0.2) is 0 Å². The van der Waals surface area contributed by atoms with E-state index in [0.717, 1.165) is 0 Å². The van der Waals surface area contributed by atoms with Crippen molar-refractivity contribution in [2.75, 3.05) is 13.1 Å². The number of rotatable bonds is 6. The summed E-state index contributed by atoms with van der Waals surface area (Å²) in [4.78, 5) is 33.1. The molecule has 0 bridgehead atoms. The van der Waals surface area contributed by atoms with Crippen LogP contribution in [0.2, 0.25) is 0 Å². The Morgan fingerprint density at radius 1 is 1.29 bits per heavy atom. The van der Waals surface area contributed by atoms with E-state index < -0.39 is 34.5 Å². The van der Waals surface area contributed by atoms with Crippen LogP contribution >= 0.6 is 0 Å². The smallest absolute Gasteiger partial charge is 0.254 e. The van der Waals surface area contributed by atoms with Crippen LogP contribution in [0.1, 0.15) is 16.8 Å². The largest absolute Gasteiger partial charge is 0.354 e. The van der Waals surface area contributed by atoms with Crippen molar-refractivity contribution in [3.8, 4) is 0 Å². The van der Waals surface area contributed by atoms with E-state index in [9.17, 15) is 24.1 Å². The molecule has 8 heteroatoms. The highest BCUT2D eigenvalue weighted by Gasteiger charge is 2.53. The summed E-state index contributed by atoms with van der Waals surface area (Å²) >= 11 is 0. The highest BCUT2D eigenvalue weighted by molar-refractivity contribution is 5.94. The fourth-order valence-electron chi connectivity index (χ4n) is 1.93. The third-order valence-electron chi connectivity index (χ3n) is 3.19. The lowest BCUT2D eigenvalue weighted by molar-refractivity contribution is -0.497. The minimum absolute atomic E-state index is 0.0700. The molecule has 1 aliphatic rings. The van der Waals surface area contributed by atoms with Crippen LogP contribution in [-0.2, 0) is 4.79 Å². The van der Waals surface area contributed by atoms with E-state index in [1.165, 1.54) is 18.2 Å². The number of nitrogens with zero attached hydrogens (tertiary/aromatic N) is 1. The molecule has 0 aromatic heterocycles. The highest BCUT2D eigenvalue weighted by Crippen LogP contribution is 2.32. The number of carbonyl (C=O) groups is 2. The molecule has 2 amide bonds. The molecule has 1 aliphatic carbocycles. The van der Waals surface area contributed by atoms with Crippen LogP contribution < -0.4 is 10.6 Å². The molecule has 1 fully saturated rings. The van der Waals surface area contributed by atoms with Crippen molar-refractivity contribution < 1.29 is 18.9 Å². The third-order valence-corrected chi connectivity index (χ3v) is 3.19. The van der Waals surface area contributed by atoms with Crippen LogP contribution in [0, 0.1) is 21.8 Å². The first-order valence-electron chi connectivity index (χ1n) is 6.44. The SMILES string of the molecule is O=C(NCCNC(=O)C1CC1[N+](=O)[O-])c1ccccc1F. The molecule has 7 nitrogen and oxygen atoms in total. The van der Waals surface area contributed by atoms with Crippen molar-refractivity contribution in [1.29, 1.82) is 0 Å². The van der Waals surface area contributed by atoms with Crippen molar-refractivity contribution in [3.63, 3.8) is 0 Å². The second-order valence-corrected chi connectivity index (χ2v) is 4.72. The predicted molar refractivity (Wildman–Crippen MR) is 70.6 cm³/mol. The normalized spacial score (nSPS) is 19.7. The number of nitro groups is 1. The van der Waals surface area contributed by atoms with Gasteiger partial charge in [0, 0.05) is 24.4 Å². The molecule has 0 aliphatic heterocycles. The zero-order chi connectivity index (χ0) is 15.4. The third kappa shape index (κ3) is 3.74. The summed E-state index contributed by atoms with van der Waals surface area (Å²) in [6.07, 6.45) is 0.250. The molecule has 0 saturated heterocycles.